The third kappa shape index (κ3) is 2.28. The van der Waals surface area contributed by atoms with Crippen molar-refractivity contribution in [2.24, 2.45) is 0 Å². The monoisotopic (exact) mass is 269 g/mol. The molecule has 0 aliphatic carbocycles. The largest absolute Gasteiger partial charge is 0.385 e. The van der Waals surface area contributed by atoms with Crippen LogP contribution in [0.5, 0.6) is 0 Å². The quantitative estimate of drug-likeness (QED) is 0.787. The number of hydrogen-bond acceptors (Lipinski definition) is 5. The van der Waals surface area contributed by atoms with Gasteiger partial charge in [0.1, 0.15) is 11.8 Å². The van der Waals surface area contributed by atoms with Crippen molar-refractivity contribution in [3.8, 4) is 11.6 Å². The molecular weight excluding hydrogens is 254 g/mol. The summed E-state index contributed by atoms with van der Waals surface area (Å²) in [5.41, 5.74) is 0.644. The standard InChI is InChI=1S/C15H15N3O2/c1-2-5-12(19)14-17-15(20-18-14)13-11-7-4-3-6-10(11)8-9-16-13/h3-4,6-9,12,19H,2,5H2,1H3. The van der Waals surface area contributed by atoms with Crippen LogP contribution in [0, 0.1) is 0 Å². The van der Waals surface area contributed by atoms with Gasteiger partial charge < -0.3 is 9.63 Å². The number of fused-ring (bicyclic) bond motifs is 1. The molecule has 0 bridgehead atoms. The van der Waals surface area contributed by atoms with Gasteiger partial charge in [0.05, 0.1) is 0 Å². The number of rotatable bonds is 4. The highest BCUT2D eigenvalue weighted by molar-refractivity contribution is 5.92. The average Bonchev–Trinajstić information content (AvgIpc) is 2.97. The molecule has 0 saturated heterocycles. The topological polar surface area (TPSA) is 72.0 Å². The minimum absolute atomic E-state index is 0.316. The third-order valence-electron chi connectivity index (χ3n) is 3.18. The van der Waals surface area contributed by atoms with E-state index in [1.54, 1.807) is 6.20 Å². The van der Waals surface area contributed by atoms with Gasteiger partial charge in [0.2, 0.25) is 5.82 Å². The van der Waals surface area contributed by atoms with Crippen molar-refractivity contribution < 1.29 is 9.63 Å². The predicted octanol–water partition coefficient (Wildman–Crippen LogP) is 3.12. The first kappa shape index (κ1) is 12.7. The lowest BCUT2D eigenvalue weighted by molar-refractivity contribution is 0.153. The van der Waals surface area contributed by atoms with Crippen molar-refractivity contribution in [2.45, 2.75) is 25.9 Å². The van der Waals surface area contributed by atoms with Crippen molar-refractivity contribution in [1.29, 1.82) is 0 Å². The number of aromatic nitrogens is 3. The molecule has 102 valence electrons. The van der Waals surface area contributed by atoms with Gasteiger partial charge in [-0.2, -0.15) is 4.98 Å². The van der Waals surface area contributed by atoms with Crippen LogP contribution in [-0.4, -0.2) is 20.2 Å². The zero-order valence-electron chi connectivity index (χ0n) is 11.2. The lowest BCUT2D eigenvalue weighted by Crippen LogP contribution is -1.99. The Morgan fingerprint density at radius 1 is 1.25 bits per heavy atom. The van der Waals surface area contributed by atoms with Crippen LogP contribution in [-0.2, 0) is 0 Å². The molecule has 20 heavy (non-hydrogen) atoms. The van der Waals surface area contributed by atoms with Gasteiger partial charge in [-0.05, 0) is 17.9 Å². The van der Waals surface area contributed by atoms with Crippen molar-refractivity contribution in [3.63, 3.8) is 0 Å². The lowest BCUT2D eigenvalue weighted by Gasteiger charge is -2.02. The SMILES string of the molecule is CCCC(O)c1noc(-c2nccc3ccccc23)n1. The Balaban J connectivity index is 2.03. The highest BCUT2D eigenvalue weighted by atomic mass is 16.5. The molecule has 0 radical (unpaired) electrons. The summed E-state index contributed by atoms with van der Waals surface area (Å²) in [4.78, 5) is 8.58. The van der Waals surface area contributed by atoms with Crippen LogP contribution in [0.1, 0.15) is 31.7 Å². The van der Waals surface area contributed by atoms with E-state index in [1.807, 2.05) is 37.3 Å². The van der Waals surface area contributed by atoms with Crippen molar-refractivity contribution >= 4 is 10.8 Å². The molecule has 0 aliphatic heterocycles. The molecule has 1 N–H and O–H groups in total. The number of pyridine rings is 1. The second-order valence-corrected chi connectivity index (χ2v) is 4.64. The summed E-state index contributed by atoms with van der Waals surface area (Å²) in [5, 5.41) is 15.7. The average molecular weight is 269 g/mol. The fraction of sp³-hybridized carbons (Fsp3) is 0.267. The van der Waals surface area contributed by atoms with Gasteiger partial charge in [0, 0.05) is 11.6 Å². The fourth-order valence-corrected chi connectivity index (χ4v) is 2.16. The number of nitrogens with zero attached hydrogens (tertiary/aromatic N) is 3. The zero-order valence-corrected chi connectivity index (χ0v) is 11.2. The maximum absolute atomic E-state index is 9.89. The lowest BCUT2D eigenvalue weighted by atomic mass is 10.1. The van der Waals surface area contributed by atoms with Crippen LogP contribution < -0.4 is 0 Å². The normalized spacial score (nSPS) is 12.7. The minimum atomic E-state index is -0.688. The van der Waals surface area contributed by atoms with Gasteiger partial charge >= 0.3 is 0 Å². The first-order valence-corrected chi connectivity index (χ1v) is 6.65. The molecule has 1 unspecified atom stereocenters. The predicted molar refractivity (Wildman–Crippen MR) is 74.9 cm³/mol. The number of benzene rings is 1. The van der Waals surface area contributed by atoms with E-state index < -0.39 is 6.10 Å². The van der Waals surface area contributed by atoms with Crippen LogP contribution in [0.15, 0.2) is 41.1 Å². The fourth-order valence-electron chi connectivity index (χ4n) is 2.16. The van der Waals surface area contributed by atoms with E-state index in [1.165, 1.54) is 0 Å². The Labute approximate surface area is 116 Å². The molecule has 3 rings (SSSR count). The van der Waals surface area contributed by atoms with E-state index in [-0.39, 0.29) is 0 Å². The van der Waals surface area contributed by atoms with Crippen LogP contribution in [0.3, 0.4) is 0 Å². The smallest absolute Gasteiger partial charge is 0.277 e. The van der Waals surface area contributed by atoms with Crippen LogP contribution in [0.4, 0.5) is 0 Å². The Morgan fingerprint density at radius 2 is 2.10 bits per heavy atom. The third-order valence-corrected chi connectivity index (χ3v) is 3.18. The maximum atomic E-state index is 9.89. The molecule has 5 heteroatoms. The van der Waals surface area contributed by atoms with E-state index in [4.69, 9.17) is 4.52 Å². The summed E-state index contributed by atoms with van der Waals surface area (Å²) >= 11 is 0. The molecule has 0 aliphatic rings. The molecule has 3 aromatic rings. The Morgan fingerprint density at radius 3 is 2.95 bits per heavy atom. The summed E-state index contributed by atoms with van der Waals surface area (Å²) in [6, 6.07) is 9.81. The summed E-state index contributed by atoms with van der Waals surface area (Å²) < 4.78 is 5.24. The summed E-state index contributed by atoms with van der Waals surface area (Å²) in [6.07, 6.45) is 2.50. The molecule has 0 amide bonds. The van der Waals surface area contributed by atoms with E-state index in [2.05, 4.69) is 15.1 Å². The minimum Gasteiger partial charge on any atom is -0.385 e. The summed E-state index contributed by atoms with van der Waals surface area (Å²) in [7, 11) is 0. The van der Waals surface area contributed by atoms with Gasteiger partial charge in [-0.25, -0.2) is 0 Å². The van der Waals surface area contributed by atoms with Gasteiger partial charge in [0.15, 0.2) is 0 Å². The zero-order chi connectivity index (χ0) is 13.9. The van der Waals surface area contributed by atoms with Gasteiger partial charge in [0.25, 0.3) is 5.89 Å². The molecule has 0 saturated carbocycles. The van der Waals surface area contributed by atoms with E-state index in [0.29, 0.717) is 23.8 Å². The Bertz CT molecular complexity index is 718. The Hall–Kier alpha value is -2.27. The van der Waals surface area contributed by atoms with Crippen molar-refractivity contribution in [3.05, 3.63) is 42.4 Å². The summed E-state index contributed by atoms with van der Waals surface area (Å²) in [5.74, 6) is 0.656. The molecule has 2 aromatic heterocycles. The van der Waals surface area contributed by atoms with Crippen molar-refractivity contribution in [2.75, 3.05) is 0 Å². The molecule has 0 fully saturated rings. The molecule has 2 heterocycles. The van der Waals surface area contributed by atoms with Gasteiger partial charge in [-0.1, -0.05) is 42.8 Å². The molecule has 1 aromatic carbocycles. The number of hydrogen-bond donors (Lipinski definition) is 1. The van der Waals surface area contributed by atoms with Gasteiger partial charge in [-0.3, -0.25) is 4.98 Å². The second-order valence-electron chi connectivity index (χ2n) is 4.64. The maximum Gasteiger partial charge on any atom is 0.277 e. The van der Waals surface area contributed by atoms with E-state index in [0.717, 1.165) is 17.2 Å². The summed E-state index contributed by atoms with van der Waals surface area (Å²) in [6.45, 7) is 2.00. The molecular formula is C15H15N3O2. The highest BCUT2D eigenvalue weighted by Gasteiger charge is 2.17. The Kier molecular flexibility index (Phi) is 3.43. The molecule has 5 nitrogen and oxygen atoms in total. The van der Waals surface area contributed by atoms with E-state index in [9.17, 15) is 5.11 Å². The van der Waals surface area contributed by atoms with Gasteiger partial charge in [-0.15, -0.1) is 0 Å². The molecule has 1 atom stereocenters. The first-order valence-electron chi connectivity index (χ1n) is 6.65. The highest BCUT2D eigenvalue weighted by Crippen LogP contribution is 2.26. The van der Waals surface area contributed by atoms with Crippen LogP contribution in [0.25, 0.3) is 22.4 Å². The van der Waals surface area contributed by atoms with Crippen LogP contribution >= 0.6 is 0 Å². The number of aliphatic hydroxyl groups excluding tert-OH is 1. The second kappa shape index (κ2) is 5.38. The first-order chi connectivity index (χ1) is 9.79. The molecule has 0 spiro atoms. The van der Waals surface area contributed by atoms with Crippen molar-refractivity contribution in [1.82, 2.24) is 15.1 Å². The van der Waals surface area contributed by atoms with E-state index >= 15 is 0 Å². The number of aliphatic hydroxyl groups is 1. The van der Waals surface area contributed by atoms with Crippen LogP contribution in [0.2, 0.25) is 0 Å².